The van der Waals surface area contributed by atoms with E-state index in [1.54, 1.807) is 18.2 Å². The van der Waals surface area contributed by atoms with Crippen LogP contribution in [0.3, 0.4) is 0 Å². The quantitative estimate of drug-likeness (QED) is 0.637. The van der Waals surface area contributed by atoms with Crippen molar-refractivity contribution in [3.05, 3.63) is 55.4 Å². The van der Waals surface area contributed by atoms with Crippen molar-refractivity contribution in [3.63, 3.8) is 0 Å². The summed E-state index contributed by atoms with van der Waals surface area (Å²) in [5.74, 6) is 0. The minimum Gasteiger partial charge on any atom is -0.375 e. The first-order valence-electron chi connectivity index (χ1n) is 6.07. The zero-order chi connectivity index (χ0) is 15.3. The molecule has 3 heterocycles. The summed E-state index contributed by atoms with van der Waals surface area (Å²) < 4.78 is 23.6. The predicted molar refractivity (Wildman–Crippen MR) is 74.6 cm³/mol. The molecule has 0 N–H and O–H groups in total. The van der Waals surface area contributed by atoms with E-state index in [0.29, 0.717) is 0 Å². The fourth-order valence-corrected chi connectivity index (χ4v) is 2.65. The second-order valence-corrected chi connectivity index (χ2v) is 5.55. The Balaban J connectivity index is 1.97. The van der Waals surface area contributed by atoms with Crippen LogP contribution in [0.5, 0.6) is 12.0 Å². The van der Waals surface area contributed by atoms with Gasteiger partial charge < -0.3 is 9.05 Å². The molecule has 0 radical (unpaired) electrons. The van der Waals surface area contributed by atoms with Gasteiger partial charge in [-0.3, -0.25) is 0 Å². The molecule has 0 fully saturated rings. The molecule has 0 saturated carbocycles. The average Bonchev–Trinajstić information content (AvgIpc) is 2.57. The van der Waals surface area contributed by atoms with Crippen LogP contribution in [0.25, 0.3) is 0 Å². The molecule has 0 aliphatic heterocycles. The molecule has 0 aliphatic rings. The first-order chi connectivity index (χ1) is 10.8. The fourth-order valence-electron chi connectivity index (χ4n) is 1.41. The summed E-state index contributed by atoms with van der Waals surface area (Å²) in [7, 11) is -3.99. The van der Waals surface area contributed by atoms with E-state index in [2.05, 4.69) is 29.9 Å². The van der Waals surface area contributed by atoms with Gasteiger partial charge in [0, 0.05) is 37.2 Å². The van der Waals surface area contributed by atoms with Crippen LogP contribution in [0, 0.1) is 0 Å². The smallest absolute Gasteiger partial charge is 0.375 e. The van der Waals surface area contributed by atoms with Gasteiger partial charge in [-0.25, -0.2) is 34.5 Å². The summed E-state index contributed by atoms with van der Waals surface area (Å²) in [6.45, 7) is 0. The summed E-state index contributed by atoms with van der Waals surface area (Å²) in [4.78, 5) is 23.2. The molecule has 110 valence electrons. The molecule has 0 aliphatic carbocycles. The summed E-state index contributed by atoms with van der Waals surface area (Å²) >= 11 is 0. The highest BCUT2D eigenvalue weighted by Gasteiger charge is 2.37. The number of hydrogen-bond donors (Lipinski definition) is 0. The Kier molecular flexibility index (Phi) is 3.97. The molecular formula is C12H9N6O3P. The van der Waals surface area contributed by atoms with Gasteiger partial charge in [-0.05, 0) is 18.2 Å². The molecular weight excluding hydrogens is 307 g/mol. The van der Waals surface area contributed by atoms with Gasteiger partial charge in [0.1, 0.15) is 0 Å². The van der Waals surface area contributed by atoms with Gasteiger partial charge >= 0.3 is 19.6 Å². The minimum absolute atomic E-state index is 0.130. The Hall–Kier alpha value is -2.93. The zero-order valence-electron chi connectivity index (χ0n) is 11.1. The topological polar surface area (TPSA) is 113 Å². The third-order valence-corrected chi connectivity index (χ3v) is 3.81. The normalized spacial score (nSPS) is 10.9. The largest absolute Gasteiger partial charge is 0.504 e. The molecule has 0 aromatic carbocycles. The highest BCUT2D eigenvalue weighted by atomic mass is 31.2. The van der Waals surface area contributed by atoms with Crippen LogP contribution in [0.4, 0.5) is 0 Å². The second-order valence-electron chi connectivity index (χ2n) is 3.79. The molecule has 3 aromatic rings. The van der Waals surface area contributed by atoms with Gasteiger partial charge in [0.2, 0.25) is 0 Å². The maximum atomic E-state index is 13.0. The minimum atomic E-state index is -3.99. The van der Waals surface area contributed by atoms with Crippen LogP contribution in [-0.4, -0.2) is 29.9 Å². The third kappa shape index (κ3) is 3.21. The van der Waals surface area contributed by atoms with Gasteiger partial charge in [-0.15, -0.1) is 0 Å². The Morgan fingerprint density at radius 3 is 1.41 bits per heavy atom. The van der Waals surface area contributed by atoms with E-state index < -0.39 is 7.60 Å². The molecule has 22 heavy (non-hydrogen) atoms. The van der Waals surface area contributed by atoms with E-state index in [1.807, 2.05) is 0 Å². The first-order valence-corrected chi connectivity index (χ1v) is 7.61. The number of nitrogens with zero attached hydrogens (tertiary/aromatic N) is 6. The highest BCUT2D eigenvalue weighted by molar-refractivity contribution is 7.62. The average molecular weight is 316 g/mol. The van der Waals surface area contributed by atoms with Crippen molar-refractivity contribution in [1.29, 1.82) is 0 Å². The SMILES string of the molecule is O=P(Oc1ncccn1)(Oc1ncccn1)c1ncccn1. The van der Waals surface area contributed by atoms with Crippen LogP contribution in [0.1, 0.15) is 0 Å². The van der Waals surface area contributed by atoms with Gasteiger partial charge in [-0.1, -0.05) is 0 Å². The van der Waals surface area contributed by atoms with Crippen molar-refractivity contribution in [2.75, 3.05) is 0 Å². The lowest BCUT2D eigenvalue weighted by Crippen LogP contribution is -2.21. The van der Waals surface area contributed by atoms with Crippen molar-refractivity contribution < 1.29 is 13.6 Å². The molecule has 3 rings (SSSR count). The molecule has 10 heteroatoms. The van der Waals surface area contributed by atoms with Crippen molar-refractivity contribution in [3.8, 4) is 12.0 Å². The van der Waals surface area contributed by atoms with Crippen molar-refractivity contribution >= 4 is 13.2 Å². The summed E-state index contributed by atoms with van der Waals surface area (Å²) in [6.07, 6.45) is 8.60. The predicted octanol–water partition coefficient (Wildman–Crippen LogP) is 1.03. The fraction of sp³-hybridized carbons (Fsp3) is 0. The Morgan fingerprint density at radius 2 is 1.00 bits per heavy atom. The van der Waals surface area contributed by atoms with Crippen LogP contribution in [-0.2, 0) is 4.57 Å². The number of rotatable bonds is 5. The highest BCUT2D eigenvalue weighted by Crippen LogP contribution is 2.44. The van der Waals surface area contributed by atoms with Crippen molar-refractivity contribution in [1.82, 2.24) is 29.9 Å². The maximum Gasteiger partial charge on any atom is 0.504 e. The zero-order valence-corrected chi connectivity index (χ0v) is 11.9. The molecule has 0 saturated heterocycles. The van der Waals surface area contributed by atoms with Crippen molar-refractivity contribution in [2.24, 2.45) is 0 Å². The van der Waals surface area contributed by atoms with Crippen LogP contribution < -0.4 is 14.6 Å². The van der Waals surface area contributed by atoms with Gasteiger partial charge in [0.25, 0.3) is 5.57 Å². The lowest BCUT2D eigenvalue weighted by molar-refractivity contribution is 0.371. The lowest BCUT2D eigenvalue weighted by Gasteiger charge is -2.15. The van der Waals surface area contributed by atoms with E-state index >= 15 is 0 Å². The van der Waals surface area contributed by atoms with Gasteiger partial charge in [-0.2, -0.15) is 0 Å². The molecule has 3 aromatic heterocycles. The van der Waals surface area contributed by atoms with Crippen LogP contribution in [0.15, 0.2) is 55.4 Å². The third-order valence-electron chi connectivity index (χ3n) is 2.28. The maximum absolute atomic E-state index is 13.0. The van der Waals surface area contributed by atoms with Crippen LogP contribution >= 0.6 is 7.60 Å². The lowest BCUT2D eigenvalue weighted by atomic mass is 10.7. The van der Waals surface area contributed by atoms with E-state index in [-0.39, 0.29) is 17.6 Å². The standard InChI is InChI=1S/C12H9N6O3P/c19-22(12-17-8-3-9-18-12,20-10-13-4-1-5-14-10)21-11-15-6-2-7-16-11/h1-9H. The Morgan fingerprint density at radius 1 is 0.636 bits per heavy atom. The van der Waals surface area contributed by atoms with E-state index in [9.17, 15) is 4.57 Å². The summed E-state index contributed by atoms with van der Waals surface area (Å²) in [5, 5.41) is 0. The molecule has 0 unspecified atom stereocenters. The summed E-state index contributed by atoms with van der Waals surface area (Å²) in [6, 6.07) is 4.50. The Labute approximate surface area is 125 Å². The van der Waals surface area contributed by atoms with Gasteiger partial charge in [0.15, 0.2) is 0 Å². The second kappa shape index (κ2) is 6.23. The van der Waals surface area contributed by atoms with E-state index in [1.165, 1.54) is 37.2 Å². The number of aromatic nitrogens is 6. The molecule has 0 atom stereocenters. The first kappa shape index (κ1) is 14.0. The summed E-state index contributed by atoms with van der Waals surface area (Å²) in [5.41, 5.74) is -0.144. The molecule has 0 spiro atoms. The van der Waals surface area contributed by atoms with E-state index in [4.69, 9.17) is 9.05 Å². The molecule has 0 amide bonds. The molecule has 0 bridgehead atoms. The molecule has 9 nitrogen and oxygen atoms in total. The van der Waals surface area contributed by atoms with Crippen LogP contribution in [0.2, 0.25) is 0 Å². The Bertz CT molecular complexity index is 729. The van der Waals surface area contributed by atoms with E-state index in [0.717, 1.165) is 0 Å². The monoisotopic (exact) mass is 316 g/mol. The number of hydrogen-bond acceptors (Lipinski definition) is 9. The van der Waals surface area contributed by atoms with Crippen molar-refractivity contribution in [2.45, 2.75) is 0 Å². The van der Waals surface area contributed by atoms with Gasteiger partial charge in [0.05, 0.1) is 0 Å².